The minimum atomic E-state index is -0.0583. The minimum Gasteiger partial charge on any atom is -0.496 e. The predicted octanol–water partition coefficient (Wildman–Crippen LogP) is 4.26. The van der Waals surface area contributed by atoms with Crippen LogP contribution in [0.1, 0.15) is 51.7 Å². The van der Waals surface area contributed by atoms with Gasteiger partial charge in [-0.25, -0.2) is 0 Å². The fourth-order valence-electron chi connectivity index (χ4n) is 2.11. The SMILES string of the molecule is COc1ccc(C(C#N)C(C)C)cc1C(C)(C)C. The molecule has 0 aliphatic heterocycles. The van der Waals surface area contributed by atoms with Crippen LogP contribution >= 0.6 is 0 Å². The largest absolute Gasteiger partial charge is 0.496 e. The standard InChI is InChI=1S/C16H23NO/c1-11(2)13(10-17)12-7-8-15(18-6)14(9-12)16(3,4)5/h7-9,11,13H,1-6H3. The summed E-state index contributed by atoms with van der Waals surface area (Å²) >= 11 is 0. The summed E-state index contributed by atoms with van der Waals surface area (Å²) in [7, 11) is 1.69. The van der Waals surface area contributed by atoms with Crippen LogP contribution in [0.4, 0.5) is 0 Å². The monoisotopic (exact) mass is 245 g/mol. The Morgan fingerprint density at radius 3 is 2.22 bits per heavy atom. The Balaban J connectivity index is 3.31. The van der Waals surface area contributed by atoms with Crippen LogP contribution < -0.4 is 4.74 Å². The van der Waals surface area contributed by atoms with Crippen molar-refractivity contribution in [2.45, 2.75) is 46.0 Å². The lowest BCUT2D eigenvalue weighted by Crippen LogP contribution is -2.14. The van der Waals surface area contributed by atoms with E-state index in [0.717, 1.165) is 16.9 Å². The highest BCUT2D eigenvalue weighted by Crippen LogP contribution is 2.35. The Morgan fingerprint density at radius 2 is 1.83 bits per heavy atom. The average Bonchev–Trinajstić information content (AvgIpc) is 2.28. The maximum atomic E-state index is 9.29. The molecule has 2 nitrogen and oxygen atoms in total. The van der Waals surface area contributed by atoms with Crippen LogP contribution in [0, 0.1) is 17.2 Å². The normalized spacial score (nSPS) is 13.2. The molecule has 0 aliphatic rings. The molecule has 0 bridgehead atoms. The highest BCUT2D eigenvalue weighted by atomic mass is 16.5. The van der Waals surface area contributed by atoms with Gasteiger partial charge < -0.3 is 4.74 Å². The number of benzene rings is 1. The average molecular weight is 245 g/mol. The molecule has 1 aromatic rings. The van der Waals surface area contributed by atoms with Gasteiger partial charge in [0.25, 0.3) is 0 Å². The summed E-state index contributed by atoms with van der Waals surface area (Å²) in [4.78, 5) is 0. The second-order valence-electron chi connectivity index (χ2n) is 6.06. The summed E-state index contributed by atoms with van der Waals surface area (Å²) in [5.74, 6) is 1.15. The highest BCUT2D eigenvalue weighted by molar-refractivity contribution is 5.43. The van der Waals surface area contributed by atoms with Crippen LogP contribution in [0.2, 0.25) is 0 Å². The maximum Gasteiger partial charge on any atom is 0.122 e. The summed E-state index contributed by atoms with van der Waals surface area (Å²) in [5.41, 5.74) is 2.25. The molecular weight excluding hydrogens is 222 g/mol. The zero-order valence-corrected chi connectivity index (χ0v) is 12.2. The van der Waals surface area contributed by atoms with Crippen molar-refractivity contribution in [3.05, 3.63) is 29.3 Å². The number of hydrogen-bond acceptors (Lipinski definition) is 2. The van der Waals surface area contributed by atoms with E-state index in [9.17, 15) is 5.26 Å². The van der Waals surface area contributed by atoms with E-state index in [-0.39, 0.29) is 11.3 Å². The third-order valence-corrected chi connectivity index (χ3v) is 3.20. The van der Waals surface area contributed by atoms with E-state index >= 15 is 0 Å². The Bertz CT molecular complexity index is 449. The van der Waals surface area contributed by atoms with Gasteiger partial charge in [-0.15, -0.1) is 0 Å². The summed E-state index contributed by atoms with van der Waals surface area (Å²) in [6.45, 7) is 10.6. The topological polar surface area (TPSA) is 33.0 Å². The molecule has 1 aromatic carbocycles. The van der Waals surface area contributed by atoms with Gasteiger partial charge in [0.1, 0.15) is 5.75 Å². The molecule has 0 saturated carbocycles. The van der Waals surface area contributed by atoms with Gasteiger partial charge in [-0.1, -0.05) is 46.8 Å². The molecule has 1 atom stereocenters. The number of nitrogens with zero attached hydrogens (tertiary/aromatic N) is 1. The van der Waals surface area contributed by atoms with Gasteiger partial charge in [-0.2, -0.15) is 5.26 Å². The first kappa shape index (κ1) is 14.6. The fourth-order valence-corrected chi connectivity index (χ4v) is 2.11. The first-order valence-electron chi connectivity index (χ1n) is 6.39. The van der Waals surface area contributed by atoms with Crippen LogP contribution in [0.3, 0.4) is 0 Å². The van der Waals surface area contributed by atoms with Gasteiger partial charge in [-0.05, 0) is 28.5 Å². The molecule has 2 heteroatoms. The van der Waals surface area contributed by atoms with Gasteiger partial charge in [0.2, 0.25) is 0 Å². The Labute approximate surface area is 111 Å². The van der Waals surface area contributed by atoms with Crippen LogP contribution in [0.5, 0.6) is 5.75 Å². The summed E-state index contributed by atoms with van der Waals surface area (Å²) in [5, 5.41) is 9.29. The second-order valence-corrected chi connectivity index (χ2v) is 6.06. The Morgan fingerprint density at radius 1 is 1.22 bits per heavy atom. The zero-order chi connectivity index (χ0) is 13.9. The van der Waals surface area contributed by atoms with Gasteiger partial charge >= 0.3 is 0 Å². The minimum absolute atomic E-state index is 0.0122. The lowest BCUT2D eigenvalue weighted by atomic mass is 9.82. The van der Waals surface area contributed by atoms with Crippen molar-refractivity contribution in [2.24, 2.45) is 5.92 Å². The van der Waals surface area contributed by atoms with Crippen LogP contribution in [0.25, 0.3) is 0 Å². The van der Waals surface area contributed by atoms with Crippen molar-refractivity contribution >= 4 is 0 Å². The van der Waals surface area contributed by atoms with E-state index in [1.807, 2.05) is 12.1 Å². The van der Waals surface area contributed by atoms with Crippen molar-refractivity contribution in [1.29, 1.82) is 5.26 Å². The van der Waals surface area contributed by atoms with Crippen molar-refractivity contribution in [3.63, 3.8) is 0 Å². The van der Waals surface area contributed by atoms with Gasteiger partial charge in [0.15, 0.2) is 0 Å². The lowest BCUT2D eigenvalue weighted by molar-refractivity contribution is 0.397. The number of hydrogen-bond donors (Lipinski definition) is 0. The first-order chi connectivity index (χ1) is 8.31. The lowest BCUT2D eigenvalue weighted by Gasteiger charge is -2.24. The van der Waals surface area contributed by atoms with E-state index in [1.54, 1.807) is 7.11 Å². The molecule has 0 heterocycles. The maximum absolute atomic E-state index is 9.29. The number of nitriles is 1. The van der Waals surface area contributed by atoms with Crippen molar-refractivity contribution < 1.29 is 4.74 Å². The third kappa shape index (κ3) is 3.04. The molecule has 1 unspecified atom stereocenters. The smallest absolute Gasteiger partial charge is 0.122 e. The van der Waals surface area contributed by atoms with Crippen molar-refractivity contribution in [1.82, 2.24) is 0 Å². The molecule has 98 valence electrons. The molecule has 0 aromatic heterocycles. The van der Waals surface area contributed by atoms with E-state index < -0.39 is 0 Å². The molecule has 0 saturated heterocycles. The molecule has 0 aliphatic carbocycles. The first-order valence-corrected chi connectivity index (χ1v) is 6.39. The molecule has 0 amide bonds. The molecule has 0 N–H and O–H groups in total. The fraction of sp³-hybridized carbons (Fsp3) is 0.562. The third-order valence-electron chi connectivity index (χ3n) is 3.20. The van der Waals surface area contributed by atoms with Crippen LogP contribution in [-0.4, -0.2) is 7.11 Å². The van der Waals surface area contributed by atoms with E-state index in [4.69, 9.17) is 4.74 Å². The van der Waals surface area contributed by atoms with Gasteiger partial charge in [0.05, 0.1) is 19.1 Å². The summed E-state index contributed by atoms with van der Waals surface area (Å²) in [6.07, 6.45) is 0. The molecule has 18 heavy (non-hydrogen) atoms. The highest BCUT2D eigenvalue weighted by Gasteiger charge is 2.22. The van der Waals surface area contributed by atoms with Crippen LogP contribution in [-0.2, 0) is 5.41 Å². The van der Waals surface area contributed by atoms with Gasteiger partial charge in [0, 0.05) is 0 Å². The number of rotatable bonds is 3. The Hall–Kier alpha value is -1.49. The molecule has 0 spiro atoms. The van der Waals surface area contributed by atoms with Gasteiger partial charge in [-0.3, -0.25) is 0 Å². The van der Waals surface area contributed by atoms with Crippen molar-refractivity contribution in [2.75, 3.05) is 7.11 Å². The molecular formula is C16H23NO. The van der Waals surface area contributed by atoms with Crippen LogP contribution in [0.15, 0.2) is 18.2 Å². The quantitative estimate of drug-likeness (QED) is 0.797. The van der Waals surface area contributed by atoms with E-state index in [0.29, 0.717) is 5.92 Å². The number of methoxy groups -OCH3 is 1. The zero-order valence-electron chi connectivity index (χ0n) is 12.2. The van der Waals surface area contributed by atoms with E-state index in [1.165, 1.54) is 0 Å². The number of ether oxygens (including phenoxy) is 1. The second kappa shape index (κ2) is 5.44. The molecule has 1 rings (SSSR count). The Kier molecular flexibility index (Phi) is 4.40. The molecule has 0 fully saturated rings. The summed E-state index contributed by atoms with van der Waals surface area (Å²) < 4.78 is 5.42. The predicted molar refractivity (Wildman–Crippen MR) is 74.9 cm³/mol. The molecule has 0 radical (unpaired) electrons. The van der Waals surface area contributed by atoms with Crippen molar-refractivity contribution in [3.8, 4) is 11.8 Å². The van der Waals surface area contributed by atoms with E-state index in [2.05, 4.69) is 46.8 Å². The summed E-state index contributed by atoms with van der Waals surface area (Å²) in [6, 6.07) is 8.49.